The maximum Gasteiger partial charge on any atom is 0.472 e. The predicted octanol–water partition coefficient (Wildman–Crippen LogP) is 8.72. The molecule has 1 aliphatic rings. The van der Waals surface area contributed by atoms with Crippen LogP contribution in [0, 0.1) is 0 Å². The summed E-state index contributed by atoms with van der Waals surface area (Å²) in [7, 11) is -5.15. The molecule has 0 radical (unpaired) electrons. The number of esters is 2. The fourth-order valence-electron chi connectivity index (χ4n) is 6.42. The van der Waals surface area contributed by atoms with E-state index in [-0.39, 0.29) is 12.8 Å². The number of carbonyl (C=O) groups is 2. The Labute approximate surface area is 365 Å². The highest BCUT2D eigenvalue weighted by molar-refractivity contribution is 7.47. The first-order valence-electron chi connectivity index (χ1n) is 22.7. The van der Waals surface area contributed by atoms with Crippen LogP contribution in [0.5, 0.6) is 0 Å². The lowest BCUT2D eigenvalue weighted by molar-refractivity contribution is -0.220. The van der Waals surface area contributed by atoms with Crippen molar-refractivity contribution in [2.45, 2.75) is 198 Å². The maximum absolute atomic E-state index is 12.8. The van der Waals surface area contributed by atoms with Gasteiger partial charge < -0.3 is 39.9 Å². The van der Waals surface area contributed by atoms with Crippen LogP contribution >= 0.6 is 7.82 Å². The largest absolute Gasteiger partial charge is 0.472 e. The number of rotatable bonds is 36. The Balaban J connectivity index is 2.53. The van der Waals surface area contributed by atoms with Gasteiger partial charge in [0.1, 0.15) is 43.2 Å². The molecule has 6 N–H and O–H groups in total. The van der Waals surface area contributed by atoms with E-state index in [9.17, 15) is 44.6 Å². The fourth-order valence-corrected chi connectivity index (χ4v) is 7.39. The summed E-state index contributed by atoms with van der Waals surface area (Å²) >= 11 is 0. The molecule has 6 atom stereocenters. The summed E-state index contributed by atoms with van der Waals surface area (Å²) in [6.45, 7) is 3.08. The zero-order valence-electron chi connectivity index (χ0n) is 36.9. The van der Waals surface area contributed by atoms with Gasteiger partial charge in [0.05, 0.1) is 13.0 Å². The Bertz CT molecular complexity index is 1340. The minimum absolute atomic E-state index is 0.139. The number of carbonyl (C=O) groups excluding carboxylic acids is 2. The van der Waals surface area contributed by atoms with Gasteiger partial charge in [0.25, 0.3) is 0 Å². The average molecular weight is 883 g/mol. The predicted molar refractivity (Wildman–Crippen MR) is 239 cm³/mol. The third-order valence-corrected chi connectivity index (χ3v) is 11.0. The topological polar surface area (TPSA) is 210 Å². The van der Waals surface area contributed by atoms with Gasteiger partial charge in [0.15, 0.2) is 6.10 Å². The number of aliphatic hydroxyl groups excluding tert-OH is 5. The zero-order chi connectivity index (χ0) is 45.0. The summed E-state index contributed by atoms with van der Waals surface area (Å²) < 4.78 is 33.4. The number of phosphoric ester groups is 1. The highest BCUT2D eigenvalue weighted by Gasteiger charge is 2.51. The molecule has 350 valence electrons. The molecule has 1 aliphatic carbocycles. The monoisotopic (exact) mass is 883 g/mol. The Kier molecular flexibility index (Phi) is 33.9. The average Bonchev–Trinajstić information content (AvgIpc) is 3.24. The van der Waals surface area contributed by atoms with Crippen LogP contribution in [0.3, 0.4) is 0 Å². The standard InChI is InChI=1S/C47H79O13P/c1-3-5-7-9-11-13-15-17-19-20-22-23-25-27-29-31-33-35-40(48)57-37-39(38-58-61(55,56)60-47-45(53)43(51)42(50)44(52)46(47)54)59-41(49)36-34-32-30-28-26-24-21-18-16-14-12-10-8-6-4-2/h6,8,12,14,17-19,21,26,28,32,34,39,42-47,50-54H,3-5,7,9-11,13,15-16,20,22-25,27,29-31,33,35-38H2,1-2H3,(H,55,56)/b8-6-,14-12-,19-17-,21-18-,28-26-,34-32-. The molecule has 1 fully saturated rings. The van der Waals surface area contributed by atoms with Gasteiger partial charge >= 0.3 is 19.8 Å². The van der Waals surface area contributed by atoms with Crippen molar-refractivity contribution in [3.63, 3.8) is 0 Å². The van der Waals surface area contributed by atoms with Gasteiger partial charge in [-0.25, -0.2) is 4.57 Å². The van der Waals surface area contributed by atoms with Crippen LogP contribution in [0.25, 0.3) is 0 Å². The molecule has 0 aliphatic heterocycles. The zero-order valence-corrected chi connectivity index (χ0v) is 37.8. The smallest absolute Gasteiger partial charge is 0.462 e. The summed E-state index contributed by atoms with van der Waals surface area (Å²) in [6.07, 6.45) is 32.7. The molecular formula is C47H79O13P. The van der Waals surface area contributed by atoms with E-state index in [4.69, 9.17) is 18.5 Å². The number of hydrogen-bond acceptors (Lipinski definition) is 12. The summed E-state index contributed by atoms with van der Waals surface area (Å²) in [6, 6.07) is 0. The lowest BCUT2D eigenvalue weighted by atomic mass is 9.85. The quantitative estimate of drug-likeness (QED) is 0.0151. The van der Waals surface area contributed by atoms with Crippen LogP contribution in [-0.4, -0.2) is 98.3 Å². The van der Waals surface area contributed by atoms with E-state index < -0.39 is 75.7 Å². The lowest BCUT2D eigenvalue weighted by Gasteiger charge is -2.41. The van der Waals surface area contributed by atoms with Gasteiger partial charge in [-0.15, -0.1) is 0 Å². The minimum Gasteiger partial charge on any atom is -0.462 e. The van der Waals surface area contributed by atoms with Crippen molar-refractivity contribution >= 4 is 19.8 Å². The van der Waals surface area contributed by atoms with E-state index in [0.717, 1.165) is 57.8 Å². The first kappa shape index (κ1) is 56.3. The molecule has 0 spiro atoms. The summed E-state index contributed by atoms with van der Waals surface area (Å²) in [5.74, 6) is -1.26. The summed E-state index contributed by atoms with van der Waals surface area (Å²) in [5.41, 5.74) is 0. The van der Waals surface area contributed by atoms with Crippen LogP contribution in [0.4, 0.5) is 0 Å². The second kappa shape index (κ2) is 36.7. The van der Waals surface area contributed by atoms with E-state index in [2.05, 4.69) is 62.5 Å². The number of ether oxygens (including phenoxy) is 2. The Hall–Kier alpha value is -2.71. The molecule has 0 bridgehead atoms. The third kappa shape index (κ3) is 29.3. The second-order valence-corrected chi connectivity index (χ2v) is 16.9. The van der Waals surface area contributed by atoms with E-state index in [1.54, 1.807) is 12.2 Å². The minimum atomic E-state index is -5.15. The van der Waals surface area contributed by atoms with Crippen LogP contribution in [0.2, 0.25) is 0 Å². The highest BCUT2D eigenvalue weighted by Crippen LogP contribution is 2.47. The van der Waals surface area contributed by atoms with Crippen LogP contribution in [0.1, 0.15) is 155 Å². The number of hydrogen-bond donors (Lipinski definition) is 6. The number of aliphatic hydroxyl groups is 5. The van der Waals surface area contributed by atoms with Crippen molar-refractivity contribution in [3.8, 4) is 0 Å². The van der Waals surface area contributed by atoms with E-state index in [1.807, 2.05) is 12.2 Å². The summed E-state index contributed by atoms with van der Waals surface area (Å²) in [4.78, 5) is 35.6. The molecule has 13 nitrogen and oxygen atoms in total. The molecular weight excluding hydrogens is 803 g/mol. The van der Waals surface area contributed by atoms with Crippen LogP contribution in [-0.2, 0) is 32.7 Å². The molecule has 1 rings (SSSR count). The van der Waals surface area contributed by atoms with Gasteiger partial charge in [0, 0.05) is 6.42 Å². The van der Waals surface area contributed by atoms with Crippen LogP contribution < -0.4 is 0 Å². The van der Waals surface area contributed by atoms with Gasteiger partial charge in [-0.3, -0.25) is 18.6 Å². The SMILES string of the molecule is CC/C=C\C/C=C\C/C=C\C/C=C\C/C=C\CC(=O)OC(COC(=O)CCCCCCCCC/C=C\CCCCCCCC)COP(=O)(O)OC1C(O)C(O)C(O)C(O)C1O. The lowest BCUT2D eigenvalue weighted by Crippen LogP contribution is -2.64. The van der Waals surface area contributed by atoms with Crippen molar-refractivity contribution < 1.29 is 63.1 Å². The Morgan fingerprint density at radius 3 is 1.49 bits per heavy atom. The molecule has 61 heavy (non-hydrogen) atoms. The third-order valence-electron chi connectivity index (χ3n) is 10.1. The molecule has 6 unspecified atom stereocenters. The molecule has 0 aromatic heterocycles. The van der Waals surface area contributed by atoms with Crippen molar-refractivity contribution in [1.29, 1.82) is 0 Å². The van der Waals surface area contributed by atoms with Crippen molar-refractivity contribution in [2.24, 2.45) is 0 Å². The van der Waals surface area contributed by atoms with Crippen molar-refractivity contribution in [1.82, 2.24) is 0 Å². The number of unbranched alkanes of at least 4 members (excludes halogenated alkanes) is 13. The molecule has 14 heteroatoms. The van der Waals surface area contributed by atoms with Gasteiger partial charge in [0.2, 0.25) is 0 Å². The number of allylic oxidation sites excluding steroid dienone is 11. The Morgan fingerprint density at radius 2 is 0.984 bits per heavy atom. The van der Waals surface area contributed by atoms with Crippen molar-refractivity contribution in [3.05, 3.63) is 72.9 Å². The molecule has 0 amide bonds. The fraction of sp³-hybridized carbons (Fsp3) is 0.702. The van der Waals surface area contributed by atoms with E-state index >= 15 is 0 Å². The highest BCUT2D eigenvalue weighted by atomic mass is 31.2. The first-order valence-corrected chi connectivity index (χ1v) is 24.2. The summed E-state index contributed by atoms with van der Waals surface area (Å²) in [5, 5.41) is 50.1. The maximum atomic E-state index is 12.8. The van der Waals surface area contributed by atoms with Crippen molar-refractivity contribution in [2.75, 3.05) is 13.2 Å². The number of phosphoric acid groups is 1. The van der Waals surface area contributed by atoms with Gasteiger partial charge in [-0.05, 0) is 64.2 Å². The normalized spacial score (nSPS) is 22.7. The molecule has 1 saturated carbocycles. The Morgan fingerprint density at radius 1 is 0.541 bits per heavy atom. The molecule has 0 aromatic carbocycles. The first-order chi connectivity index (χ1) is 29.4. The molecule has 0 saturated heterocycles. The van der Waals surface area contributed by atoms with E-state index in [0.29, 0.717) is 12.8 Å². The second-order valence-electron chi connectivity index (χ2n) is 15.5. The van der Waals surface area contributed by atoms with Gasteiger partial charge in [-0.1, -0.05) is 151 Å². The molecule has 0 aromatic rings. The van der Waals surface area contributed by atoms with E-state index in [1.165, 1.54) is 57.8 Å². The van der Waals surface area contributed by atoms with Gasteiger partial charge in [-0.2, -0.15) is 0 Å². The van der Waals surface area contributed by atoms with Crippen LogP contribution in [0.15, 0.2) is 72.9 Å². The molecule has 0 heterocycles.